The standard InChI is InChI=1S/C18H14N2S2/c1-11-7-9-13(10-8-11)15-19-17-18(21-15)20-16(22-17)14-6-4-3-5-12(14)2/h3-10H,1-2H3. The van der Waals surface area contributed by atoms with Crippen LogP contribution in [0, 0.1) is 13.8 Å². The van der Waals surface area contributed by atoms with Gasteiger partial charge in [0.2, 0.25) is 0 Å². The molecule has 0 unspecified atom stereocenters. The van der Waals surface area contributed by atoms with Crippen LogP contribution in [0.2, 0.25) is 0 Å². The van der Waals surface area contributed by atoms with Crippen molar-refractivity contribution in [3.63, 3.8) is 0 Å². The highest BCUT2D eigenvalue weighted by Crippen LogP contribution is 2.37. The van der Waals surface area contributed by atoms with Crippen molar-refractivity contribution in [1.29, 1.82) is 0 Å². The summed E-state index contributed by atoms with van der Waals surface area (Å²) in [5, 5.41) is 2.10. The van der Waals surface area contributed by atoms with E-state index in [1.165, 1.54) is 22.3 Å². The van der Waals surface area contributed by atoms with Crippen molar-refractivity contribution in [1.82, 2.24) is 9.97 Å². The maximum Gasteiger partial charge on any atom is 0.155 e. The summed E-state index contributed by atoms with van der Waals surface area (Å²) >= 11 is 3.34. The number of rotatable bonds is 2. The second kappa shape index (κ2) is 5.30. The van der Waals surface area contributed by atoms with E-state index in [-0.39, 0.29) is 0 Å². The number of nitrogens with zero attached hydrogens (tertiary/aromatic N) is 2. The average molecular weight is 322 g/mol. The van der Waals surface area contributed by atoms with Crippen molar-refractivity contribution in [2.75, 3.05) is 0 Å². The molecule has 4 aromatic rings. The van der Waals surface area contributed by atoms with Crippen LogP contribution < -0.4 is 0 Å². The minimum Gasteiger partial charge on any atom is -0.223 e. The molecule has 0 saturated carbocycles. The second-order valence-corrected chi connectivity index (χ2v) is 7.28. The van der Waals surface area contributed by atoms with Crippen LogP contribution in [0.5, 0.6) is 0 Å². The third-order valence-electron chi connectivity index (χ3n) is 3.65. The molecule has 2 aromatic heterocycles. The van der Waals surface area contributed by atoms with Crippen molar-refractivity contribution >= 4 is 32.3 Å². The van der Waals surface area contributed by atoms with Crippen LogP contribution in [-0.4, -0.2) is 9.97 Å². The van der Waals surface area contributed by atoms with E-state index in [9.17, 15) is 0 Å². The van der Waals surface area contributed by atoms with Crippen LogP contribution in [0.3, 0.4) is 0 Å². The van der Waals surface area contributed by atoms with Gasteiger partial charge >= 0.3 is 0 Å². The van der Waals surface area contributed by atoms with Crippen LogP contribution in [-0.2, 0) is 0 Å². The Morgan fingerprint density at radius 2 is 1.36 bits per heavy atom. The van der Waals surface area contributed by atoms with Crippen molar-refractivity contribution < 1.29 is 0 Å². The highest BCUT2D eigenvalue weighted by molar-refractivity contribution is 7.29. The maximum atomic E-state index is 4.78. The number of hydrogen-bond donors (Lipinski definition) is 0. The first-order valence-electron chi connectivity index (χ1n) is 7.11. The molecule has 22 heavy (non-hydrogen) atoms. The number of fused-ring (bicyclic) bond motifs is 1. The van der Waals surface area contributed by atoms with Gasteiger partial charge in [0.05, 0.1) is 0 Å². The molecule has 4 heteroatoms. The minimum absolute atomic E-state index is 1.03. The molecule has 2 nitrogen and oxygen atoms in total. The molecule has 0 N–H and O–H groups in total. The summed E-state index contributed by atoms with van der Waals surface area (Å²) in [6, 6.07) is 16.9. The first kappa shape index (κ1) is 13.6. The zero-order valence-corrected chi connectivity index (χ0v) is 14.0. The summed E-state index contributed by atoms with van der Waals surface area (Å²) in [5.41, 5.74) is 4.89. The van der Waals surface area contributed by atoms with Gasteiger partial charge in [-0.2, -0.15) is 0 Å². The fraction of sp³-hybridized carbons (Fsp3) is 0.111. The normalized spacial score (nSPS) is 11.2. The van der Waals surface area contributed by atoms with E-state index in [1.54, 1.807) is 22.7 Å². The highest BCUT2D eigenvalue weighted by Gasteiger charge is 2.13. The SMILES string of the molecule is Cc1ccc(-c2nc3sc(-c4ccccc4C)nc3s2)cc1. The van der Waals surface area contributed by atoms with Crippen molar-refractivity contribution in [3.05, 3.63) is 59.7 Å². The highest BCUT2D eigenvalue weighted by atomic mass is 32.1. The summed E-state index contributed by atoms with van der Waals surface area (Å²) in [5.74, 6) is 0. The molecule has 0 saturated heterocycles. The van der Waals surface area contributed by atoms with Crippen LogP contribution in [0.15, 0.2) is 48.5 Å². The van der Waals surface area contributed by atoms with E-state index in [0.29, 0.717) is 0 Å². The monoisotopic (exact) mass is 322 g/mol. The smallest absolute Gasteiger partial charge is 0.155 e. The molecule has 4 rings (SSSR count). The van der Waals surface area contributed by atoms with Gasteiger partial charge in [-0.3, -0.25) is 0 Å². The van der Waals surface area contributed by atoms with Crippen LogP contribution in [0.4, 0.5) is 0 Å². The largest absolute Gasteiger partial charge is 0.223 e. The summed E-state index contributed by atoms with van der Waals surface area (Å²) < 4.78 is 0. The molecular formula is C18H14N2S2. The molecule has 0 amide bonds. The van der Waals surface area contributed by atoms with Crippen molar-refractivity contribution in [3.8, 4) is 21.1 Å². The maximum absolute atomic E-state index is 4.78. The predicted molar refractivity (Wildman–Crippen MR) is 95.6 cm³/mol. The van der Waals surface area contributed by atoms with Gasteiger partial charge in [0, 0.05) is 11.1 Å². The third-order valence-corrected chi connectivity index (χ3v) is 5.76. The Hall–Kier alpha value is -2.04. The Morgan fingerprint density at radius 3 is 2.09 bits per heavy atom. The number of aryl methyl sites for hydroxylation is 2. The lowest BCUT2D eigenvalue weighted by atomic mass is 10.1. The molecule has 0 spiro atoms. The van der Waals surface area contributed by atoms with Crippen LogP contribution in [0.25, 0.3) is 30.8 Å². The van der Waals surface area contributed by atoms with E-state index in [2.05, 4.69) is 62.4 Å². The summed E-state index contributed by atoms with van der Waals surface area (Å²) in [7, 11) is 0. The van der Waals surface area contributed by atoms with Gasteiger partial charge in [-0.1, -0.05) is 76.8 Å². The van der Waals surface area contributed by atoms with Gasteiger partial charge in [-0.05, 0) is 19.4 Å². The second-order valence-electron chi connectivity index (χ2n) is 5.33. The molecule has 2 aromatic carbocycles. The number of aromatic nitrogens is 2. The summed E-state index contributed by atoms with van der Waals surface area (Å²) in [4.78, 5) is 11.6. The van der Waals surface area contributed by atoms with E-state index in [1.807, 2.05) is 0 Å². The molecule has 0 aliphatic heterocycles. The van der Waals surface area contributed by atoms with Gasteiger partial charge in [-0.25, -0.2) is 9.97 Å². The van der Waals surface area contributed by atoms with Gasteiger partial charge in [0.25, 0.3) is 0 Å². The molecule has 0 aliphatic carbocycles. The zero-order valence-electron chi connectivity index (χ0n) is 12.3. The van der Waals surface area contributed by atoms with E-state index in [0.717, 1.165) is 19.7 Å². The van der Waals surface area contributed by atoms with Crippen LogP contribution >= 0.6 is 22.7 Å². The average Bonchev–Trinajstić information content (AvgIpc) is 3.07. The molecule has 0 radical (unpaired) electrons. The third kappa shape index (κ3) is 2.34. The lowest BCUT2D eigenvalue weighted by Crippen LogP contribution is -1.80. The fourth-order valence-corrected chi connectivity index (χ4v) is 4.53. The molecule has 2 heterocycles. The van der Waals surface area contributed by atoms with Crippen molar-refractivity contribution in [2.24, 2.45) is 0 Å². The Bertz CT molecular complexity index is 917. The topological polar surface area (TPSA) is 25.8 Å². The van der Waals surface area contributed by atoms with E-state index < -0.39 is 0 Å². The lowest BCUT2D eigenvalue weighted by molar-refractivity contribution is 1.42. The molecule has 108 valence electrons. The Labute approximate surface area is 137 Å². The molecule has 0 fully saturated rings. The number of thiazole rings is 2. The number of hydrogen-bond acceptors (Lipinski definition) is 4. The summed E-state index contributed by atoms with van der Waals surface area (Å²) in [6.45, 7) is 4.22. The number of benzene rings is 2. The van der Waals surface area contributed by atoms with Gasteiger partial charge in [0.15, 0.2) is 9.66 Å². The molecule has 0 aliphatic rings. The summed E-state index contributed by atoms with van der Waals surface area (Å²) in [6.07, 6.45) is 0. The fourth-order valence-electron chi connectivity index (χ4n) is 2.39. The molecular weight excluding hydrogens is 308 g/mol. The van der Waals surface area contributed by atoms with Crippen molar-refractivity contribution in [2.45, 2.75) is 13.8 Å². The lowest BCUT2D eigenvalue weighted by Gasteiger charge is -2.00. The minimum atomic E-state index is 1.03. The Morgan fingerprint density at radius 1 is 0.727 bits per heavy atom. The zero-order chi connectivity index (χ0) is 15.1. The predicted octanol–water partition coefficient (Wildman–Crippen LogP) is 5.70. The molecule has 0 atom stereocenters. The first-order chi connectivity index (χ1) is 10.7. The van der Waals surface area contributed by atoms with Crippen LogP contribution in [0.1, 0.15) is 11.1 Å². The first-order valence-corrected chi connectivity index (χ1v) is 8.74. The Kier molecular flexibility index (Phi) is 3.28. The van der Waals surface area contributed by atoms with Gasteiger partial charge in [0.1, 0.15) is 10.0 Å². The quantitative estimate of drug-likeness (QED) is 0.473. The van der Waals surface area contributed by atoms with E-state index in [4.69, 9.17) is 9.97 Å². The Balaban J connectivity index is 1.77. The van der Waals surface area contributed by atoms with E-state index >= 15 is 0 Å². The van der Waals surface area contributed by atoms with Gasteiger partial charge in [-0.15, -0.1) is 0 Å². The van der Waals surface area contributed by atoms with Gasteiger partial charge < -0.3 is 0 Å². The molecule has 0 bridgehead atoms.